The van der Waals surface area contributed by atoms with E-state index in [0.717, 1.165) is 4.31 Å². The summed E-state index contributed by atoms with van der Waals surface area (Å²) >= 11 is 6.09. The Morgan fingerprint density at radius 3 is 2.95 bits per heavy atom. The highest BCUT2D eigenvalue weighted by molar-refractivity contribution is 7.89. The molecule has 0 aromatic carbocycles. The van der Waals surface area contributed by atoms with E-state index in [1.165, 1.54) is 18.5 Å². The Bertz CT molecular complexity index is 833. The number of carboxylic acids is 1. The number of carboxylic acid groups (broad SMARTS) is 1. The highest BCUT2D eigenvalue weighted by Crippen LogP contribution is 2.33. The molecule has 0 amide bonds. The first-order valence-electron chi connectivity index (χ1n) is 6.79. The minimum atomic E-state index is -3.97. The van der Waals surface area contributed by atoms with Crippen LogP contribution in [0.2, 0.25) is 5.02 Å². The van der Waals surface area contributed by atoms with Gasteiger partial charge in [0.25, 0.3) is 0 Å². The van der Waals surface area contributed by atoms with Crippen LogP contribution in [0.1, 0.15) is 19.3 Å². The summed E-state index contributed by atoms with van der Waals surface area (Å²) in [6.07, 6.45) is 4.42. The summed E-state index contributed by atoms with van der Waals surface area (Å²) in [7, 11) is -3.97. The maximum Gasteiger partial charge on any atom is 0.322 e. The van der Waals surface area contributed by atoms with Crippen molar-refractivity contribution < 1.29 is 18.3 Å². The molecular weight excluding hydrogens is 330 g/mol. The summed E-state index contributed by atoms with van der Waals surface area (Å²) in [5.41, 5.74) is 0.356. The standard InChI is InChI=1S/C13H14ClN3O4S/c14-8-4-5-15-12-11(8)10(7-16-12)22(20,21)17-6-2-1-3-9(17)13(18)19/h4-5,7,9H,1-3,6H2,(H,15,16)(H,18,19). The number of carbonyl (C=O) groups is 1. The minimum Gasteiger partial charge on any atom is -0.480 e. The zero-order chi connectivity index (χ0) is 15.9. The molecule has 0 aliphatic carbocycles. The van der Waals surface area contributed by atoms with Crippen molar-refractivity contribution in [2.45, 2.75) is 30.2 Å². The van der Waals surface area contributed by atoms with E-state index in [4.69, 9.17) is 11.6 Å². The lowest BCUT2D eigenvalue weighted by molar-refractivity contribution is -0.142. The lowest BCUT2D eigenvalue weighted by atomic mass is 10.1. The van der Waals surface area contributed by atoms with E-state index in [2.05, 4.69) is 9.97 Å². The van der Waals surface area contributed by atoms with Crippen LogP contribution in [0.25, 0.3) is 11.0 Å². The number of halogens is 1. The van der Waals surface area contributed by atoms with Gasteiger partial charge in [0.15, 0.2) is 0 Å². The SMILES string of the molecule is O=C(O)C1CCCCN1S(=O)(=O)c1c[nH]c2nccc(Cl)c12. The first kappa shape index (κ1) is 15.3. The summed E-state index contributed by atoms with van der Waals surface area (Å²) in [5.74, 6) is -1.13. The Morgan fingerprint density at radius 2 is 2.23 bits per heavy atom. The molecular formula is C13H14ClN3O4S. The average Bonchev–Trinajstić information content (AvgIpc) is 2.93. The van der Waals surface area contributed by atoms with Crippen LogP contribution in [0.5, 0.6) is 0 Å². The number of rotatable bonds is 3. The van der Waals surface area contributed by atoms with Crippen LogP contribution >= 0.6 is 11.6 Å². The maximum absolute atomic E-state index is 12.9. The molecule has 3 rings (SSSR count). The topological polar surface area (TPSA) is 103 Å². The van der Waals surface area contributed by atoms with Crippen LogP contribution < -0.4 is 0 Å². The normalized spacial score (nSPS) is 20.3. The van der Waals surface area contributed by atoms with Gasteiger partial charge in [0.1, 0.15) is 16.6 Å². The van der Waals surface area contributed by atoms with Crippen molar-refractivity contribution in [1.29, 1.82) is 0 Å². The minimum absolute atomic E-state index is 0.0336. The van der Waals surface area contributed by atoms with Crippen LogP contribution in [-0.4, -0.2) is 46.4 Å². The summed E-state index contributed by atoms with van der Waals surface area (Å²) in [6.45, 7) is 0.184. The second-order valence-corrected chi connectivity index (χ2v) is 7.40. The number of aliphatic carboxylic acids is 1. The Labute approximate surface area is 132 Å². The molecule has 1 aliphatic heterocycles. The van der Waals surface area contributed by atoms with Gasteiger partial charge < -0.3 is 10.1 Å². The third-order valence-electron chi connectivity index (χ3n) is 3.81. The molecule has 1 aliphatic rings. The Balaban J connectivity index is 2.13. The average molecular weight is 344 g/mol. The molecule has 22 heavy (non-hydrogen) atoms. The van der Waals surface area contributed by atoms with E-state index in [1.54, 1.807) is 0 Å². The number of nitrogens with one attached hydrogen (secondary N) is 1. The molecule has 118 valence electrons. The third kappa shape index (κ3) is 2.37. The van der Waals surface area contributed by atoms with Gasteiger partial charge in [0.05, 0.1) is 10.4 Å². The molecule has 3 heterocycles. The van der Waals surface area contributed by atoms with E-state index in [0.29, 0.717) is 30.3 Å². The second-order valence-electron chi connectivity index (χ2n) is 5.13. The van der Waals surface area contributed by atoms with E-state index >= 15 is 0 Å². The Morgan fingerprint density at radius 1 is 1.45 bits per heavy atom. The fourth-order valence-electron chi connectivity index (χ4n) is 2.76. The van der Waals surface area contributed by atoms with Crippen LogP contribution in [0.3, 0.4) is 0 Å². The molecule has 0 bridgehead atoms. The third-order valence-corrected chi connectivity index (χ3v) is 6.06. The van der Waals surface area contributed by atoms with Crippen molar-refractivity contribution in [3.8, 4) is 0 Å². The van der Waals surface area contributed by atoms with Crippen molar-refractivity contribution in [3.63, 3.8) is 0 Å². The monoisotopic (exact) mass is 343 g/mol. The van der Waals surface area contributed by atoms with E-state index in [1.807, 2.05) is 0 Å². The lowest BCUT2D eigenvalue weighted by Crippen LogP contribution is -2.47. The van der Waals surface area contributed by atoms with Gasteiger partial charge in [-0.05, 0) is 25.3 Å². The number of piperidine rings is 1. The van der Waals surface area contributed by atoms with Crippen LogP contribution in [0, 0.1) is 0 Å². The number of fused-ring (bicyclic) bond motifs is 1. The molecule has 1 saturated heterocycles. The highest BCUT2D eigenvalue weighted by Gasteiger charge is 2.39. The summed E-state index contributed by atoms with van der Waals surface area (Å²) in [6, 6.07) is 0.459. The molecule has 0 radical (unpaired) electrons. The van der Waals surface area contributed by atoms with Gasteiger partial charge in [0.2, 0.25) is 10.0 Å². The molecule has 9 heteroatoms. The molecule has 1 fully saturated rings. The summed E-state index contributed by atoms with van der Waals surface area (Å²) < 4.78 is 26.8. The first-order chi connectivity index (χ1) is 10.4. The van der Waals surface area contributed by atoms with Crippen molar-refractivity contribution in [2.24, 2.45) is 0 Å². The van der Waals surface area contributed by atoms with Gasteiger partial charge in [0, 0.05) is 18.9 Å². The molecule has 1 atom stereocenters. The molecule has 7 nitrogen and oxygen atoms in total. The van der Waals surface area contributed by atoms with Crippen molar-refractivity contribution in [2.75, 3.05) is 6.54 Å². The maximum atomic E-state index is 12.9. The molecule has 2 aromatic heterocycles. The zero-order valence-corrected chi connectivity index (χ0v) is 13.1. The molecule has 2 aromatic rings. The number of H-pyrrole nitrogens is 1. The van der Waals surface area contributed by atoms with Gasteiger partial charge in [-0.2, -0.15) is 4.31 Å². The predicted molar refractivity (Wildman–Crippen MR) is 80.3 cm³/mol. The van der Waals surface area contributed by atoms with Crippen LogP contribution in [-0.2, 0) is 14.8 Å². The number of hydrogen-bond donors (Lipinski definition) is 2. The quantitative estimate of drug-likeness (QED) is 0.885. The van der Waals surface area contributed by atoms with Crippen molar-refractivity contribution in [3.05, 3.63) is 23.5 Å². The molecule has 2 N–H and O–H groups in total. The fourth-order valence-corrected chi connectivity index (χ4v) is 4.89. The smallest absolute Gasteiger partial charge is 0.322 e. The molecule has 0 spiro atoms. The second kappa shape index (κ2) is 5.53. The van der Waals surface area contributed by atoms with Gasteiger partial charge in [-0.25, -0.2) is 13.4 Å². The van der Waals surface area contributed by atoms with Crippen LogP contribution in [0.15, 0.2) is 23.4 Å². The van der Waals surface area contributed by atoms with E-state index in [-0.39, 0.29) is 16.5 Å². The zero-order valence-electron chi connectivity index (χ0n) is 11.5. The largest absolute Gasteiger partial charge is 0.480 e. The number of aromatic amines is 1. The Kier molecular flexibility index (Phi) is 3.84. The van der Waals surface area contributed by atoms with Crippen molar-refractivity contribution in [1.82, 2.24) is 14.3 Å². The summed E-state index contributed by atoms with van der Waals surface area (Å²) in [5, 5.41) is 9.83. The van der Waals surface area contributed by atoms with Crippen LogP contribution in [0.4, 0.5) is 0 Å². The van der Waals surface area contributed by atoms with Gasteiger partial charge in [-0.15, -0.1) is 0 Å². The number of pyridine rings is 1. The number of hydrogen-bond acceptors (Lipinski definition) is 4. The van der Waals surface area contributed by atoms with Gasteiger partial charge in [-0.3, -0.25) is 4.79 Å². The Hall–Kier alpha value is -1.64. The van der Waals surface area contributed by atoms with Gasteiger partial charge >= 0.3 is 5.97 Å². The van der Waals surface area contributed by atoms with Gasteiger partial charge in [-0.1, -0.05) is 11.6 Å². The predicted octanol–water partition coefficient (Wildman–Crippen LogP) is 1.84. The highest BCUT2D eigenvalue weighted by atomic mass is 35.5. The van der Waals surface area contributed by atoms with E-state index in [9.17, 15) is 18.3 Å². The lowest BCUT2D eigenvalue weighted by Gasteiger charge is -2.31. The number of sulfonamides is 1. The number of nitrogens with zero attached hydrogens (tertiary/aromatic N) is 2. The summed E-state index contributed by atoms with van der Waals surface area (Å²) in [4.78, 5) is 18.1. The molecule has 0 saturated carbocycles. The molecule has 1 unspecified atom stereocenters. The number of aromatic nitrogens is 2. The van der Waals surface area contributed by atoms with Crippen molar-refractivity contribution >= 4 is 38.6 Å². The first-order valence-corrected chi connectivity index (χ1v) is 8.61. The van der Waals surface area contributed by atoms with E-state index < -0.39 is 22.0 Å². The fraction of sp³-hybridized carbons (Fsp3) is 0.385.